The van der Waals surface area contributed by atoms with Gasteiger partial charge in [-0.25, -0.2) is 0 Å². The van der Waals surface area contributed by atoms with Crippen LogP contribution >= 0.6 is 0 Å². The molecule has 0 spiro atoms. The summed E-state index contributed by atoms with van der Waals surface area (Å²) in [7, 11) is 0. The molecule has 216 valence electrons. The van der Waals surface area contributed by atoms with E-state index in [1.165, 1.54) is 35.1 Å². The van der Waals surface area contributed by atoms with Crippen molar-refractivity contribution in [2.24, 2.45) is 22.7 Å². The van der Waals surface area contributed by atoms with Gasteiger partial charge in [0.15, 0.2) is 0 Å². The van der Waals surface area contributed by atoms with E-state index in [9.17, 15) is 0 Å². The van der Waals surface area contributed by atoms with Gasteiger partial charge in [-0.15, -0.1) is 0 Å². The van der Waals surface area contributed by atoms with Crippen molar-refractivity contribution in [2.75, 3.05) is 0 Å². The largest absolute Gasteiger partial charge is 2.00 e. The monoisotopic (exact) mass is 654 g/mol. The van der Waals surface area contributed by atoms with E-state index < -0.39 is 0 Å². The van der Waals surface area contributed by atoms with Crippen LogP contribution in [0.15, 0.2) is 59.2 Å². The van der Waals surface area contributed by atoms with Crippen LogP contribution < -0.4 is 24.8 Å². The zero-order chi connectivity index (χ0) is 27.3. The Morgan fingerprint density at radius 2 is 1.18 bits per heavy atom. The second-order valence-electron chi connectivity index (χ2n) is 16.0. The third-order valence-electron chi connectivity index (χ3n) is 9.91. The van der Waals surface area contributed by atoms with Gasteiger partial charge in [0.05, 0.1) is 0 Å². The summed E-state index contributed by atoms with van der Waals surface area (Å²) in [6.45, 7) is 28.7. The van der Waals surface area contributed by atoms with Crippen LogP contribution in [0.5, 0.6) is 0 Å². The Bertz CT molecular complexity index is 1260. The second-order valence-corrected chi connectivity index (χ2v) is 16.0. The molecule has 2 atom stereocenters. The minimum Gasteiger partial charge on any atom is -1.00 e. The first kappa shape index (κ1) is 35.6. The summed E-state index contributed by atoms with van der Waals surface area (Å²) in [5.41, 5.74) is 14.6. The Hall–Kier alpha value is -0.617. The van der Waals surface area contributed by atoms with Crippen LogP contribution in [0.2, 0.25) is 0 Å². The van der Waals surface area contributed by atoms with Crippen molar-refractivity contribution >= 4 is 0 Å². The van der Waals surface area contributed by atoms with Crippen molar-refractivity contribution in [2.45, 2.75) is 113 Å². The summed E-state index contributed by atoms with van der Waals surface area (Å²) in [4.78, 5) is 0. The van der Waals surface area contributed by atoms with Crippen LogP contribution in [0.25, 0.3) is 11.1 Å². The van der Waals surface area contributed by atoms with Crippen molar-refractivity contribution in [1.29, 1.82) is 0 Å². The molecular weight excluding hydrogens is 607 g/mol. The molecule has 0 saturated carbocycles. The molecule has 2 unspecified atom stereocenters. The van der Waals surface area contributed by atoms with Gasteiger partial charge in [-0.1, -0.05) is 137 Å². The van der Waals surface area contributed by atoms with Crippen LogP contribution in [0.4, 0.5) is 0 Å². The number of fused-ring (bicyclic) bond motifs is 3. The number of rotatable bonds is 2. The molecule has 0 heterocycles. The van der Waals surface area contributed by atoms with Gasteiger partial charge in [0, 0.05) is 11.3 Å². The molecule has 2 aromatic carbocycles. The van der Waals surface area contributed by atoms with Crippen LogP contribution in [-0.4, -0.2) is 0 Å². The smallest absolute Gasteiger partial charge is 1.00 e. The minimum absolute atomic E-state index is 0. The van der Waals surface area contributed by atoms with Gasteiger partial charge in [-0.05, 0) is 79.9 Å². The zero-order valence-electron chi connectivity index (χ0n) is 26.9. The van der Waals surface area contributed by atoms with Gasteiger partial charge in [-0.3, -0.25) is 0 Å². The number of hydrogen-bond donors (Lipinski definition) is 0. The fraction of sp³-hybridized carbons (Fsp3) is 0.568. The molecule has 0 aliphatic heterocycles. The fourth-order valence-electron chi connectivity index (χ4n) is 7.43. The molecule has 5 rings (SSSR count). The van der Waals surface area contributed by atoms with Crippen molar-refractivity contribution < 1.29 is 51.0 Å². The number of allylic oxidation sites excluding steroid dienone is 4. The van der Waals surface area contributed by atoms with Crippen molar-refractivity contribution in [3.8, 4) is 11.1 Å². The SMILES string of the molecule is CC(C)C1CC(C)(C2c3ccc(C(C)(C)C)cc3-c3cc(C(C)(C)C)ccc32)C2=C1CC(C(C)(C)C)=C2.[Cl-].[Cl-].[Zr+2]. The first-order valence-corrected chi connectivity index (χ1v) is 14.7. The maximum Gasteiger partial charge on any atom is 2.00 e. The molecule has 0 radical (unpaired) electrons. The maximum absolute atomic E-state index is 2.64. The summed E-state index contributed by atoms with van der Waals surface area (Å²) in [6.07, 6.45) is 5.08. The molecule has 0 fully saturated rings. The van der Waals surface area contributed by atoms with E-state index in [0.29, 0.717) is 17.8 Å². The minimum atomic E-state index is 0. The normalized spacial score (nSPS) is 22.2. The second kappa shape index (κ2) is 11.5. The first-order chi connectivity index (χ1) is 16.9. The van der Waals surface area contributed by atoms with E-state index in [2.05, 4.69) is 126 Å². The summed E-state index contributed by atoms with van der Waals surface area (Å²) < 4.78 is 0. The third-order valence-corrected chi connectivity index (χ3v) is 9.91. The molecule has 0 aromatic heterocycles. The molecule has 2 aromatic rings. The van der Waals surface area contributed by atoms with Gasteiger partial charge in [0.2, 0.25) is 0 Å². The number of halogens is 2. The summed E-state index contributed by atoms with van der Waals surface area (Å²) in [5, 5.41) is 0. The molecule has 0 saturated heterocycles. The summed E-state index contributed by atoms with van der Waals surface area (Å²) in [5.74, 6) is 1.75. The maximum atomic E-state index is 2.64. The van der Waals surface area contributed by atoms with Gasteiger partial charge < -0.3 is 24.8 Å². The Morgan fingerprint density at radius 3 is 1.55 bits per heavy atom. The van der Waals surface area contributed by atoms with Crippen LogP contribution in [-0.2, 0) is 37.0 Å². The van der Waals surface area contributed by atoms with E-state index in [0.717, 1.165) is 0 Å². The van der Waals surface area contributed by atoms with E-state index in [-0.39, 0.29) is 72.7 Å². The molecule has 3 heteroatoms. The molecule has 3 aliphatic rings. The molecular formula is C37H50Cl2Zr. The van der Waals surface area contributed by atoms with Crippen LogP contribution in [0, 0.1) is 22.7 Å². The number of hydrogen-bond acceptors (Lipinski definition) is 0. The van der Waals surface area contributed by atoms with Crippen molar-refractivity contribution in [1.82, 2.24) is 0 Å². The zero-order valence-corrected chi connectivity index (χ0v) is 30.9. The van der Waals surface area contributed by atoms with E-state index in [4.69, 9.17) is 0 Å². The average Bonchev–Trinajstić information content (AvgIpc) is 3.42. The van der Waals surface area contributed by atoms with Gasteiger partial charge >= 0.3 is 26.2 Å². The topological polar surface area (TPSA) is 0 Å². The fourth-order valence-corrected chi connectivity index (χ4v) is 7.43. The van der Waals surface area contributed by atoms with Crippen molar-refractivity contribution in [3.63, 3.8) is 0 Å². The van der Waals surface area contributed by atoms with E-state index >= 15 is 0 Å². The predicted molar refractivity (Wildman–Crippen MR) is 161 cm³/mol. The molecule has 0 nitrogen and oxygen atoms in total. The van der Waals surface area contributed by atoms with Crippen LogP contribution in [0.1, 0.15) is 124 Å². The first-order valence-electron chi connectivity index (χ1n) is 14.7. The molecule has 0 amide bonds. The Balaban J connectivity index is 0.00000187. The third kappa shape index (κ3) is 5.80. The van der Waals surface area contributed by atoms with Crippen molar-refractivity contribution in [3.05, 3.63) is 81.4 Å². The van der Waals surface area contributed by atoms with Crippen LogP contribution in [0.3, 0.4) is 0 Å². The summed E-state index contributed by atoms with van der Waals surface area (Å²) >= 11 is 0. The Kier molecular flexibility index (Phi) is 10.2. The van der Waals surface area contributed by atoms with E-state index in [1.807, 2.05) is 0 Å². The van der Waals surface area contributed by atoms with E-state index in [1.54, 1.807) is 27.8 Å². The quantitative estimate of drug-likeness (QED) is 0.438. The molecule has 0 N–H and O–H groups in total. The summed E-state index contributed by atoms with van der Waals surface area (Å²) in [6, 6.07) is 14.9. The average molecular weight is 657 g/mol. The van der Waals surface area contributed by atoms with Gasteiger partial charge in [-0.2, -0.15) is 0 Å². The van der Waals surface area contributed by atoms with Gasteiger partial charge in [0.25, 0.3) is 0 Å². The number of benzene rings is 2. The standard InChI is InChI=1S/C37H50.2ClH.Zr/c1-22(2)31-21-37(12,32-20-25(19-30(31)32)36(9,10)11)33-26-15-13-23(34(3,4)5)17-28(26)29-18-24(35(6,7)8)14-16-27(29)33;;;/h13-18,20,22,31,33H,19,21H2,1-12H3;2*1H;/q;;;+2/p-2. The molecule has 40 heavy (non-hydrogen) atoms. The predicted octanol–water partition coefficient (Wildman–Crippen LogP) is 4.75. The Morgan fingerprint density at radius 1 is 0.725 bits per heavy atom. The molecule has 3 aliphatic carbocycles. The Labute approximate surface area is 277 Å². The van der Waals surface area contributed by atoms with Gasteiger partial charge in [0.1, 0.15) is 0 Å². The molecule has 0 bridgehead atoms.